The third-order valence-corrected chi connectivity index (χ3v) is 4.97. The Hall–Kier alpha value is -1.35. The van der Waals surface area contributed by atoms with Gasteiger partial charge in [-0.1, -0.05) is 38.8 Å². The minimum atomic E-state index is -0.204. The van der Waals surface area contributed by atoms with Gasteiger partial charge in [0.25, 0.3) is 0 Å². The minimum absolute atomic E-state index is 0.0829. The van der Waals surface area contributed by atoms with Crippen molar-refractivity contribution in [1.82, 2.24) is 0 Å². The molecule has 1 atom stereocenters. The molecule has 3 nitrogen and oxygen atoms in total. The second-order valence-electron chi connectivity index (χ2n) is 6.36. The van der Waals surface area contributed by atoms with Crippen molar-refractivity contribution in [3.8, 4) is 0 Å². The first-order valence-corrected chi connectivity index (χ1v) is 8.65. The molecular formula is C19H29NO2. The van der Waals surface area contributed by atoms with E-state index < -0.39 is 0 Å². The highest BCUT2D eigenvalue weighted by Gasteiger charge is 2.43. The zero-order valence-electron chi connectivity index (χ0n) is 14.2. The second kappa shape index (κ2) is 7.28. The number of hydrogen-bond donors (Lipinski definition) is 1. The number of carbonyl (C=O) groups is 1. The highest BCUT2D eigenvalue weighted by atomic mass is 16.5. The van der Waals surface area contributed by atoms with Gasteiger partial charge in [-0.3, -0.25) is 0 Å². The van der Waals surface area contributed by atoms with E-state index in [4.69, 9.17) is 10.5 Å². The molecular weight excluding hydrogens is 274 g/mol. The molecule has 0 saturated carbocycles. The van der Waals surface area contributed by atoms with Crippen LogP contribution >= 0.6 is 0 Å². The van der Waals surface area contributed by atoms with Crippen LogP contribution in [0.25, 0.3) is 0 Å². The Kier molecular flexibility index (Phi) is 5.63. The second-order valence-corrected chi connectivity index (χ2v) is 6.36. The van der Waals surface area contributed by atoms with Crippen LogP contribution in [0.3, 0.4) is 0 Å². The van der Waals surface area contributed by atoms with Gasteiger partial charge in [0.1, 0.15) is 0 Å². The van der Waals surface area contributed by atoms with Crippen molar-refractivity contribution in [3.63, 3.8) is 0 Å². The van der Waals surface area contributed by atoms with Crippen LogP contribution in [-0.4, -0.2) is 18.6 Å². The summed E-state index contributed by atoms with van der Waals surface area (Å²) in [5.74, 6) is -0.204. The Balaban J connectivity index is 2.61. The Bertz CT molecular complexity index is 518. The van der Waals surface area contributed by atoms with Crippen LogP contribution < -0.4 is 5.73 Å². The smallest absolute Gasteiger partial charge is 0.338 e. The Morgan fingerprint density at radius 1 is 1.27 bits per heavy atom. The summed E-state index contributed by atoms with van der Waals surface area (Å²) in [7, 11) is 0. The summed E-state index contributed by atoms with van der Waals surface area (Å²) in [6.07, 6.45) is 6.17. The van der Waals surface area contributed by atoms with Crippen molar-refractivity contribution < 1.29 is 9.53 Å². The van der Waals surface area contributed by atoms with Crippen molar-refractivity contribution in [1.29, 1.82) is 0 Å². The van der Waals surface area contributed by atoms with Crippen LogP contribution in [0.4, 0.5) is 0 Å². The maximum Gasteiger partial charge on any atom is 0.338 e. The number of fused-ring (bicyclic) bond motifs is 1. The van der Waals surface area contributed by atoms with E-state index in [1.165, 1.54) is 11.1 Å². The fourth-order valence-electron chi connectivity index (χ4n) is 4.19. The summed E-state index contributed by atoms with van der Waals surface area (Å²) in [6.45, 7) is 6.66. The molecule has 0 bridgehead atoms. The van der Waals surface area contributed by atoms with Gasteiger partial charge in [0.05, 0.1) is 12.2 Å². The number of rotatable bonds is 6. The van der Waals surface area contributed by atoms with Gasteiger partial charge in [-0.25, -0.2) is 4.79 Å². The first-order chi connectivity index (χ1) is 10.6. The molecule has 2 rings (SSSR count). The van der Waals surface area contributed by atoms with E-state index in [0.717, 1.165) is 44.1 Å². The molecule has 22 heavy (non-hydrogen) atoms. The molecule has 0 radical (unpaired) electrons. The van der Waals surface area contributed by atoms with Gasteiger partial charge in [-0.15, -0.1) is 0 Å². The van der Waals surface area contributed by atoms with Gasteiger partial charge in [0.2, 0.25) is 0 Å². The quantitative estimate of drug-likeness (QED) is 0.809. The number of carbonyl (C=O) groups excluding carboxylic acids is 1. The minimum Gasteiger partial charge on any atom is -0.462 e. The maximum atomic E-state index is 12.5. The predicted octanol–water partition coefficient (Wildman–Crippen LogP) is 3.97. The molecule has 3 heteroatoms. The molecule has 0 amide bonds. The van der Waals surface area contributed by atoms with Gasteiger partial charge < -0.3 is 10.5 Å². The van der Waals surface area contributed by atoms with Crippen LogP contribution in [0.5, 0.6) is 0 Å². The van der Waals surface area contributed by atoms with Crippen LogP contribution in [0.2, 0.25) is 0 Å². The number of ether oxygens (including phenoxy) is 1. The van der Waals surface area contributed by atoms with E-state index in [-0.39, 0.29) is 17.4 Å². The Labute approximate surface area is 134 Å². The molecule has 0 fully saturated rings. The van der Waals surface area contributed by atoms with Crippen LogP contribution in [0.1, 0.15) is 74.4 Å². The van der Waals surface area contributed by atoms with Crippen molar-refractivity contribution in [2.75, 3.05) is 6.61 Å². The molecule has 0 aromatic heterocycles. The van der Waals surface area contributed by atoms with Gasteiger partial charge in [-0.2, -0.15) is 0 Å². The van der Waals surface area contributed by atoms with Crippen molar-refractivity contribution >= 4 is 5.97 Å². The van der Waals surface area contributed by atoms with E-state index >= 15 is 0 Å². The summed E-state index contributed by atoms with van der Waals surface area (Å²) in [5, 5.41) is 0. The Morgan fingerprint density at radius 2 is 1.95 bits per heavy atom. The molecule has 2 N–H and O–H groups in total. The fraction of sp³-hybridized carbons (Fsp3) is 0.632. The number of nitrogens with two attached hydrogens (primary N) is 1. The number of aryl methyl sites for hydroxylation is 1. The van der Waals surface area contributed by atoms with Gasteiger partial charge in [0, 0.05) is 11.5 Å². The lowest BCUT2D eigenvalue weighted by molar-refractivity contribution is 0.0520. The normalized spacial score (nSPS) is 19.5. The summed E-state index contributed by atoms with van der Waals surface area (Å²) in [5.41, 5.74) is 9.70. The van der Waals surface area contributed by atoms with Crippen molar-refractivity contribution in [2.45, 2.75) is 70.8 Å². The van der Waals surface area contributed by atoms with Gasteiger partial charge in [-0.05, 0) is 49.8 Å². The molecule has 0 spiro atoms. The molecule has 0 heterocycles. The third kappa shape index (κ3) is 2.91. The average Bonchev–Trinajstić information content (AvgIpc) is 2.51. The molecule has 0 saturated heterocycles. The number of benzene rings is 1. The van der Waals surface area contributed by atoms with Crippen molar-refractivity contribution in [2.24, 2.45) is 5.73 Å². The standard InChI is InChI=1S/C19H29NO2/c1-4-12-19(13-5-2)16(20)11-10-14-8-7-9-15(17(14)19)18(21)22-6-3/h7-9,16H,4-6,10-13,20H2,1-3H3. The van der Waals surface area contributed by atoms with E-state index in [9.17, 15) is 4.79 Å². The molecule has 1 unspecified atom stereocenters. The lowest BCUT2D eigenvalue weighted by Crippen LogP contribution is -2.49. The van der Waals surface area contributed by atoms with E-state index in [0.29, 0.717) is 6.61 Å². The summed E-state index contributed by atoms with van der Waals surface area (Å²) >= 11 is 0. The molecule has 1 aliphatic carbocycles. The van der Waals surface area contributed by atoms with E-state index in [1.54, 1.807) is 0 Å². The van der Waals surface area contributed by atoms with E-state index in [1.807, 2.05) is 19.1 Å². The first-order valence-electron chi connectivity index (χ1n) is 8.65. The van der Waals surface area contributed by atoms with Gasteiger partial charge in [0.15, 0.2) is 0 Å². The topological polar surface area (TPSA) is 52.3 Å². The highest BCUT2D eigenvalue weighted by Crippen LogP contribution is 2.45. The monoisotopic (exact) mass is 303 g/mol. The zero-order valence-corrected chi connectivity index (χ0v) is 14.2. The number of esters is 1. The predicted molar refractivity (Wildman–Crippen MR) is 90.2 cm³/mol. The fourth-order valence-corrected chi connectivity index (χ4v) is 4.19. The largest absolute Gasteiger partial charge is 0.462 e. The van der Waals surface area contributed by atoms with E-state index in [2.05, 4.69) is 19.9 Å². The van der Waals surface area contributed by atoms with Crippen LogP contribution in [0, 0.1) is 0 Å². The molecule has 1 aromatic rings. The van der Waals surface area contributed by atoms with Gasteiger partial charge >= 0.3 is 5.97 Å². The van der Waals surface area contributed by atoms with Crippen molar-refractivity contribution in [3.05, 3.63) is 34.9 Å². The maximum absolute atomic E-state index is 12.5. The molecule has 1 aliphatic rings. The highest BCUT2D eigenvalue weighted by molar-refractivity contribution is 5.92. The lowest BCUT2D eigenvalue weighted by atomic mass is 9.61. The number of hydrogen-bond acceptors (Lipinski definition) is 3. The molecule has 0 aliphatic heterocycles. The first kappa shape index (κ1) is 17.0. The summed E-state index contributed by atoms with van der Waals surface area (Å²) < 4.78 is 5.30. The molecule has 1 aromatic carbocycles. The summed E-state index contributed by atoms with van der Waals surface area (Å²) in [6, 6.07) is 6.17. The molecule has 122 valence electrons. The Morgan fingerprint density at radius 3 is 2.55 bits per heavy atom. The lowest BCUT2D eigenvalue weighted by Gasteiger charge is -2.45. The average molecular weight is 303 g/mol. The summed E-state index contributed by atoms with van der Waals surface area (Å²) in [4.78, 5) is 12.5. The van der Waals surface area contributed by atoms with Crippen LogP contribution in [0.15, 0.2) is 18.2 Å². The SMILES string of the molecule is CCCC1(CCC)c2c(cccc2C(=O)OCC)CCC1N. The third-order valence-electron chi connectivity index (χ3n) is 4.97. The zero-order chi connectivity index (χ0) is 16.2. The van der Waals surface area contributed by atoms with Crippen LogP contribution in [-0.2, 0) is 16.6 Å².